The van der Waals surface area contributed by atoms with Gasteiger partial charge in [-0.25, -0.2) is 4.39 Å². The fourth-order valence-electron chi connectivity index (χ4n) is 2.43. The van der Waals surface area contributed by atoms with Gasteiger partial charge in [-0.05, 0) is 18.2 Å². The van der Waals surface area contributed by atoms with Crippen molar-refractivity contribution in [2.75, 3.05) is 36.4 Å². The lowest BCUT2D eigenvalue weighted by Gasteiger charge is -2.33. The van der Waals surface area contributed by atoms with Gasteiger partial charge in [0.25, 0.3) is 0 Å². The Kier molecular flexibility index (Phi) is 4.75. The molecule has 1 aromatic carbocycles. The first-order valence-corrected chi connectivity index (χ1v) is 7.83. The van der Waals surface area contributed by atoms with Crippen LogP contribution >= 0.6 is 11.6 Å². The molecule has 9 heteroatoms. The van der Waals surface area contributed by atoms with Crippen molar-refractivity contribution >= 4 is 35.0 Å². The highest BCUT2D eigenvalue weighted by molar-refractivity contribution is 6.31. The molecule has 1 fully saturated rings. The minimum absolute atomic E-state index is 0.0302. The third-order valence-corrected chi connectivity index (χ3v) is 4.04. The third-order valence-electron chi connectivity index (χ3n) is 3.75. The third kappa shape index (κ3) is 3.70. The Morgan fingerprint density at radius 3 is 2.71 bits per heavy atom. The van der Waals surface area contributed by atoms with Gasteiger partial charge in [0, 0.05) is 38.8 Å². The number of carbonyl (C=O) groups is 1. The molecule has 0 bridgehead atoms. The molecule has 1 aliphatic heterocycles. The number of rotatable bonds is 3. The Morgan fingerprint density at radius 1 is 1.29 bits per heavy atom. The van der Waals surface area contributed by atoms with Crippen LogP contribution in [0.25, 0.3) is 0 Å². The van der Waals surface area contributed by atoms with Crippen molar-refractivity contribution in [3.8, 4) is 0 Å². The highest BCUT2D eigenvalue weighted by atomic mass is 35.5. The van der Waals surface area contributed by atoms with Crippen LogP contribution in [0.3, 0.4) is 0 Å². The van der Waals surface area contributed by atoms with Crippen molar-refractivity contribution in [2.24, 2.45) is 0 Å². The maximum atomic E-state index is 13.2. The van der Waals surface area contributed by atoms with Crippen LogP contribution in [-0.4, -0.2) is 52.2 Å². The van der Waals surface area contributed by atoms with E-state index in [4.69, 9.17) is 11.6 Å². The van der Waals surface area contributed by atoms with Crippen LogP contribution in [0.2, 0.25) is 5.02 Å². The number of anilines is 3. The lowest BCUT2D eigenvalue weighted by atomic mass is 10.3. The number of halogens is 2. The molecule has 2 heterocycles. The van der Waals surface area contributed by atoms with E-state index in [0.29, 0.717) is 43.6 Å². The van der Waals surface area contributed by atoms with Crippen LogP contribution < -0.4 is 10.2 Å². The first kappa shape index (κ1) is 16.4. The number of amides is 1. The van der Waals surface area contributed by atoms with Crippen molar-refractivity contribution in [3.05, 3.63) is 35.2 Å². The Balaban J connectivity index is 1.70. The normalized spacial score (nSPS) is 14.6. The van der Waals surface area contributed by atoms with Gasteiger partial charge in [0.15, 0.2) is 5.82 Å². The predicted octanol–water partition coefficient (Wildman–Crippen LogP) is 2.08. The van der Waals surface area contributed by atoms with Crippen molar-refractivity contribution < 1.29 is 9.18 Å². The van der Waals surface area contributed by atoms with E-state index < -0.39 is 5.82 Å². The van der Waals surface area contributed by atoms with Crippen LogP contribution in [0.1, 0.15) is 6.92 Å². The van der Waals surface area contributed by atoms with Gasteiger partial charge in [0.1, 0.15) is 5.82 Å². The maximum absolute atomic E-state index is 13.2. The second-order valence-electron chi connectivity index (χ2n) is 5.39. The van der Waals surface area contributed by atoms with Crippen LogP contribution in [-0.2, 0) is 4.79 Å². The average Bonchev–Trinajstić information content (AvgIpc) is 2.58. The van der Waals surface area contributed by atoms with E-state index in [1.165, 1.54) is 18.3 Å². The average molecular weight is 351 g/mol. The van der Waals surface area contributed by atoms with E-state index >= 15 is 0 Å². The Labute approximate surface area is 143 Å². The number of hydrogen-bond donors (Lipinski definition) is 1. The van der Waals surface area contributed by atoms with Gasteiger partial charge in [0.2, 0.25) is 11.9 Å². The molecule has 1 aromatic heterocycles. The fourth-order valence-corrected chi connectivity index (χ4v) is 2.61. The van der Waals surface area contributed by atoms with Crippen molar-refractivity contribution in [2.45, 2.75) is 6.92 Å². The SMILES string of the molecule is CC(=O)N1CCN(c2nncc(Nc3ccc(F)c(Cl)c3)n2)CC1. The molecule has 1 aliphatic rings. The summed E-state index contributed by atoms with van der Waals surface area (Å²) in [5.41, 5.74) is 0.606. The van der Waals surface area contributed by atoms with E-state index in [0.717, 1.165) is 0 Å². The number of piperazine rings is 1. The zero-order chi connectivity index (χ0) is 17.1. The quantitative estimate of drug-likeness (QED) is 0.913. The summed E-state index contributed by atoms with van der Waals surface area (Å²) in [7, 11) is 0. The van der Waals surface area contributed by atoms with Gasteiger partial charge in [0.05, 0.1) is 11.2 Å². The minimum atomic E-state index is -0.480. The number of carbonyl (C=O) groups excluding carboxylic acids is 1. The van der Waals surface area contributed by atoms with E-state index in [-0.39, 0.29) is 10.9 Å². The Morgan fingerprint density at radius 2 is 2.04 bits per heavy atom. The summed E-state index contributed by atoms with van der Waals surface area (Å²) in [4.78, 5) is 19.5. The molecule has 24 heavy (non-hydrogen) atoms. The fraction of sp³-hybridized carbons (Fsp3) is 0.333. The molecule has 0 saturated carbocycles. The molecule has 0 atom stereocenters. The van der Waals surface area contributed by atoms with Gasteiger partial charge in [-0.15, -0.1) is 5.10 Å². The largest absolute Gasteiger partial charge is 0.339 e. The zero-order valence-corrected chi connectivity index (χ0v) is 13.8. The molecule has 126 valence electrons. The van der Waals surface area contributed by atoms with Gasteiger partial charge in [-0.1, -0.05) is 11.6 Å². The molecule has 0 radical (unpaired) electrons. The summed E-state index contributed by atoms with van der Waals surface area (Å²) in [6, 6.07) is 4.32. The molecule has 0 aliphatic carbocycles. The summed E-state index contributed by atoms with van der Waals surface area (Å²) in [6.07, 6.45) is 1.48. The second kappa shape index (κ2) is 6.96. The standard InChI is InChI=1S/C15H16ClFN6O/c1-10(24)22-4-6-23(7-5-22)15-20-14(9-18-21-15)19-11-2-3-13(17)12(16)8-11/h2-3,8-9H,4-7H2,1H3,(H,19,20,21). The van der Waals surface area contributed by atoms with E-state index in [9.17, 15) is 9.18 Å². The van der Waals surface area contributed by atoms with Crippen molar-refractivity contribution in [1.82, 2.24) is 20.1 Å². The molecule has 3 rings (SSSR count). The van der Waals surface area contributed by atoms with Crippen LogP contribution in [0.4, 0.5) is 21.8 Å². The molecule has 1 N–H and O–H groups in total. The van der Waals surface area contributed by atoms with Crippen molar-refractivity contribution in [3.63, 3.8) is 0 Å². The molecule has 1 saturated heterocycles. The number of nitrogens with one attached hydrogen (secondary N) is 1. The highest BCUT2D eigenvalue weighted by Crippen LogP contribution is 2.22. The lowest BCUT2D eigenvalue weighted by Crippen LogP contribution is -2.48. The second-order valence-corrected chi connectivity index (χ2v) is 5.80. The van der Waals surface area contributed by atoms with E-state index in [1.54, 1.807) is 17.9 Å². The molecular weight excluding hydrogens is 335 g/mol. The summed E-state index contributed by atoms with van der Waals surface area (Å²) in [5, 5.41) is 11.0. The first-order chi connectivity index (χ1) is 11.5. The van der Waals surface area contributed by atoms with Crippen LogP contribution in [0, 0.1) is 5.82 Å². The summed E-state index contributed by atoms with van der Waals surface area (Å²) < 4.78 is 13.2. The Hall–Kier alpha value is -2.48. The van der Waals surface area contributed by atoms with Crippen molar-refractivity contribution in [1.29, 1.82) is 0 Å². The summed E-state index contributed by atoms with van der Waals surface area (Å²) in [6.45, 7) is 4.11. The molecule has 0 unspecified atom stereocenters. The predicted molar refractivity (Wildman–Crippen MR) is 89.0 cm³/mol. The molecule has 1 amide bonds. The van der Waals surface area contributed by atoms with Crippen LogP contribution in [0.5, 0.6) is 0 Å². The summed E-state index contributed by atoms with van der Waals surface area (Å²) in [5.74, 6) is 0.553. The molecular formula is C15H16ClFN6O. The smallest absolute Gasteiger partial charge is 0.247 e. The first-order valence-electron chi connectivity index (χ1n) is 7.45. The highest BCUT2D eigenvalue weighted by Gasteiger charge is 2.20. The number of hydrogen-bond acceptors (Lipinski definition) is 6. The topological polar surface area (TPSA) is 74.2 Å². The Bertz CT molecular complexity index is 750. The number of aromatic nitrogens is 3. The summed E-state index contributed by atoms with van der Waals surface area (Å²) >= 11 is 5.77. The molecule has 2 aromatic rings. The van der Waals surface area contributed by atoms with E-state index in [2.05, 4.69) is 20.5 Å². The zero-order valence-electron chi connectivity index (χ0n) is 13.0. The van der Waals surface area contributed by atoms with Gasteiger partial charge in [-0.2, -0.15) is 10.1 Å². The molecule has 7 nitrogen and oxygen atoms in total. The lowest BCUT2D eigenvalue weighted by molar-refractivity contribution is -0.129. The van der Waals surface area contributed by atoms with E-state index in [1.807, 2.05) is 4.90 Å². The van der Waals surface area contributed by atoms with Crippen LogP contribution in [0.15, 0.2) is 24.4 Å². The maximum Gasteiger partial charge on any atom is 0.247 e. The number of nitrogens with zero attached hydrogens (tertiary/aromatic N) is 5. The molecule has 0 spiro atoms. The minimum Gasteiger partial charge on any atom is -0.339 e. The van der Waals surface area contributed by atoms with Gasteiger partial charge in [-0.3, -0.25) is 4.79 Å². The monoisotopic (exact) mass is 350 g/mol. The van der Waals surface area contributed by atoms with Gasteiger partial charge < -0.3 is 15.1 Å². The van der Waals surface area contributed by atoms with Gasteiger partial charge >= 0.3 is 0 Å². The number of benzene rings is 1.